The highest BCUT2D eigenvalue weighted by Crippen LogP contribution is 2.31. The van der Waals surface area contributed by atoms with E-state index in [1.165, 1.54) is 5.56 Å². The number of hydrogen-bond donors (Lipinski definition) is 1. The summed E-state index contributed by atoms with van der Waals surface area (Å²) >= 11 is 7.54. The van der Waals surface area contributed by atoms with Gasteiger partial charge in [-0.3, -0.25) is 0 Å². The van der Waals surface area contributed by atoms with Crippen LogP contribution in [0.15, 0.2) is 47.4 Å². The Bertz CT molecular complexity index is 551. The zero-order valence-electron chi connectivity index (χ0n) is 11.1. The highest BCUT2D eigenvalue weighted by atomic mass is 35.5. The lowest BCUT2D eigenvalue weighted by atomic mass is 9.99. The highest BCUT2D eigenvalue weighted by molar-refractivity contribution is 7.98. The molecule has 0 aliphatic rings. The van der Waals surface area contributed by atoms with Crippen LogP contribution in [0.2, 0.25) is 5.02 Å². The minimum Gasteiger partial charge on any atom is -0.384 e. The Labute approximate surface area is 123 Å². The van der Waals surface area contributed by atoms with E-state index in [1.54, 1.807) is 11.8 Å². The van der Waals surface area contributed by atoms with Gasteiger partial charge >= 0.3 is 0 Å². The number of aliphatic hydroxyl groups is 1. The number of rotatable bonds is 4. The minimum absolute atomic E-state index is 0.605. The molecule has 1 atom stereocenters. The minimum atomic E-state index is -0.605. The first-order valence-electron chi connectivity index (χ1n) is 6.26. The summed E-state index contributed by atoms with van der Waals surface area (Å²) in [4.78, 5) is 1.11. The van der Waals surface area contributed by atoms with E-state index >= 15 is 0 Å². The van der Waals surface area contributed by atoms with Crippen LogP contribution in [0.5, 0.6) is 0 Å². The maximum absolute atomic E-state index is 10.6. The fourth-order valence-electron chi connectivity index (χ4n) is 2.04. The Hall–Kier alpha value is -0.960. The maximum Gasteiger partial charge on any atom is 0.105 e. The zero-order chi connectivity index (χ0) is 13.8. The molecule has 100 valence electrons. The monoisotopic (exact) mass is 292 g/mol. The smallest absolute Gasteiger partial charge is 0.105 e. The Morgan fingerprint density at radius 3 is 2.42 bits per heavy atom. The number of aryl methyl sites for hydroxylation is 1. The van der Waals surface area contributed by atoms with Crippen LogP contribution in [0.25, 0.3) is 0 Å². The molecular weight excluding hydrogens is 276 g/mol. The molecule has 0 aromatic heterocycles. The molecule has 0 amide bonds. The molecule has 0 spiro atoms. The predicted molar refractivity (Wildman–Crippen MR) is 83.1 cm³/mol. The third kappa shape index (κ3) is 3.33. The average molecular weight is 293 g/mol. The van der Waals surface area contributed by atoms with Crippen LogP contribution in [0.4, 0.5) is 0 Å². The summed E-state index contributed by atoms with van der Waals surface area (Å²) < 4.78 is 0. The number of thioether (sulfide) groups is 1. The molecule has 2 rings (SSSR count). The molecule has 19 heavy (non-hydrogen) atoms. The van der Waals surface area contributed by atoms with Gasteiger partial charge in [0.25, 0.3) is 0 Å². The molecule has 2 aromatic carbocycles. The second-order valence-electron chi connectivity index (χ2n) is 4.38. The molecule has 0 aliphatic carbocycles. The molecule has 1 nitrogen and oxygen atoms in total. The molecule has 0 aliphatic heterocycles. The van der Waals surface area contributed by atoms with E-state index in [0.717, 1.165) is 22.4 Å². The van der Waals surface area contributed by atoms with Crippen molar-refractivity contribution in [2.75, 3.05) is 6.26 Å². The molecule has 0 fully saturated rings. The molecule has 0 radical (unpaired) electrons. The van der Waals surface area contributed by atoms with Crippen molar-refractivity contribution in [3.8, 4) is 0 Å². The van der Waals surface area contributed by atoms with Gasteiger partial charge in [0.15, 0.2) is 0 Å². The Morgan fingerprint density at radius 2 is 1.84 bits per heavy atom. The van der Waals surface area contributed by atoms with Gasteiger partial charge in [0.05, 0.1) is 0 Å². The molecule has 2 aromatic rings. The number of benzene rings is 2. The van der Waals surface area contributed by atoms with E-state index in [0.29, 0.717) is 5.02 Å². The van der Waals surface area contributed by atoms with Crippen LogP contribution >= 0.6 is 23.4 Å². The molecule has 0 heterocycles. The average Bonchev–Trinajstić information content (AvgIpc) is 2.46. The van der Waals surface area contributed by atoms with Gasteiger partial charge in [0.2, 0.25) is 0 Å². The van der Waals surface area contributed by atoms with E-state index in [-0.39, 0.29) is 0 Å². The lowest BCUT2D eigenvalue weighted by Gasteiger charge is -2.16. The number of hydrogen-bond acceptors (Lipinski definition) is 2. The molecule has 0 unspecified atom stereocenters. The Morgan fingerprint density at radius 1 is 1.16 bits per heavy atom. The van der Waals surface area contributed by atoms with Crippen molar-refractivity contribution in [2.24, 2.45) is 0 Å². The molecule has 0 saturated carbocycles. The lowest BCUT2D eigenvalue weighted by Crippen LogP contribution is -2.02. The number of aliphatic hydroxyl groups excluding tert-OH is 1. The van der Waals surface area contributed by atoms with Crippen LogP contribution in [0, 0.1) is 0 Å². The first kappa shape index (κ1) is 14.4. The highest BCUT2D eigenvalue weighted by Gasteiger charge is 2.14. The van der Waals surface area contributed by atoms with Gasteiger partial charge in [-0.2, -0.15) is 0 Å². The summed E-state index contributed by atoms with van der Waals surface area (Å²) in [7, 11) is 0. The van der Waals surface area contributed by atoms with Crippen molar-refractivity contribution in [2.45, 2.75) is 24.3 Å². The second kappa shape index (κ2) is 6.47. The van der Waals surface area contributed by atoms with Crippen molar-refractivity contribution in [3.63, 3.8) is 0 Å². The van der Waals surface area contributed by atoms with Crippen molar-refractivity contribution < 1.29 is 5.11 Å². The normalized spacial score (nSPS) is 12.4. The van der Waals surface area contributed by atoms with E-state index in [9.17, 15) is 5.11 Å². The standard InChI is InChI=1S/C16H17ClOS/c1-3-11-4-9-15(19-2)14(10-11)16(18)12-5-7-13(17)8-6-12/h4-10,16,18H,3H2,1-2H3/t16-/m0/s1. The summed E-state index contributed by atoms with van der Waals surface area (Å²) in [6.07, 6.45) is 2.39. The van der Waals surface area contributed by atoms with E-state index in [1.807, 2.05) is 30.5 Å². The van der Waals surface area contributed by atoms with Crippen LogP contribution in [-0.4, -0.2) is 11.4 Å². The summed E-state index contributed by atoms with van der Waals surface area (Å²) in [5.41, 5.74) is 3.07. The first-order chi connectivity index (χ1) is 9.15. The lowest BCUT2D eigenvalue weighted by molar-refractivity contribution is 0.217. The van der Waals surface area contributed by atoms with Gasteiger partial charge in [-0.1, -0.05) is 42.8 Å². The fourth-order valence-corrected chi connectivity index (χ4v) is 2.78. The second-order valence-corrected chi connectivity index (χ2v) is 5.67. The van der Waals surface area contributed by atoms with E-state index < -0.39 is 6.10 Å². The van der Waals surface area contributed by atoms with E-state index in [2.05, 4.69) is 25.1 Å². The largest absolute Gasteiger partial charge is 0.384 e. The molecular formula is C16H17ClOS. The van der Waals surface area contributed by atoms with Crippen LogP contribution < -0.4 is 0 Å². The Balaban J connectivity index is 2.41. The van der Waals surface area contributed by atoms with Crippen LogP contribution in [0.3, 0.4) is 0 Å². The van der Waals surface area contributed by atoms with Gasteiger partial charge in [-0.25, -0.2) is 0 Å². The fraction of sp³-hybridized carbons (Fsp3) is 0.250. The summed E-state index contributed by atoms with van der Waals surface area (Å²) in [5.74, 6) is 0. The van der Waals surface area contributed by atoms with Gasteiger partial charge in [-0.15, -0.1) is 11.8 Å². The van der Waals surface area contributed by atoms with Crippen molar-refractivity contribution in [1.82, 2.24) is 0 Å². The summed E-state index contributed by atoms with van der Waals surface area (Å²) in [5, 5.41) is 11.2. The van der Waals surface area contributed by atoms with Crippen LogP contribution in [-0.2, 0) is 6.42 Å². The molecule has 0 saturated heterocycles. The summed E-state index contributed by atoms with van der Waals surface area (Å²) in [6, 6.07) is 13.6. The Kier molecular flexibility index (Phi) is 4.92. The van der Waals surface area contributed by atoms with Gasteiger partial charge in [-0.05, 0) is 47.6 Å². The summed E-state index contributed by atoms with van der Waals surface area (Å²) in [6.45, 7) is 2.12. The van der Waals surface area contributed by atoms with Crippen molar-refractivity contribution >= 4 is 23.4 Å². The molecule has 3 heteroatoms. The molecule has 0 bridgehead atoms. The third-order valence-electron chi connectivity index (χ3n) is 3.18. The van der Waals surface area contributed by atoms with Gasteiger partial charge < -0.3 is 5.11 Å². The first-order valence-corrected chi connectivity index (χ1v) is 7.86. The van der Waals surface area contributed by atoms with Crippen molar-refractivity contribution in [3.05, 3.63) is 64.2 Å². The van der Waals surface area contributed by atoms with Crippen molar-refractivity contribution in [1.29, 1.82) is 0 Å². The quantitative estimate of drug-likeness (QED) is 0.824. The third-order valence-corrected chi connectivity index (χ3v) is 4.25. The zero-order valence-corrected chi connectivity index (χ0v) is 12.6. The SMILES string of the molecule is CCc1ccc(SC)c([C@@H](O)c2ccc(Cl)cc2)c1. The topological polar surface area (TPSA) is 20.2 Å². The predicted octanol–water partition coefficient (Wildman–Crippen LogP) is 4.71. The van der Waals surface area contributed by atoms with Gasteiger partial charge in [0.1, 0.15) is 6.10 Å². The number of halogens is 1. The van der Waals surface area contributed by atoms with Gasteiger partial charge in [0, 0.05) is 9.92 Å². The van der Waals surface area contributed by atoms with Crippen LogP contribution in [0.1, 0.15) is 29.7 Å². The molecule has 1 N–H and O–H groups in total. The maximum atomic E-state index is 10.6. The van der Waals surface area contributed by atoms with E-state index in [4.69, 9.17) is 11.6 Å².